The highest BCUT2D eigenvalue weighted by Gasteiger charge is 2.12. The third-order valence-corrected chi connectivity index (χ3v) is 3.26. The van der Waals surface area contributed by atoms with Crippen LogP contribution in [-0.2, 0) is 0 Å². The van der Waals surface area contributed by atoms with Gasteiger partial charge in [0.05, 0.1) is 18.3 Å². The minimum absolute atomic E-state index is 0.0770. The van der Waals surface area contributed by atoms with Gasteiger partial charge in [0.15, 0.2) is 4.67 Å². The van der Waals surface area contributed by atoms with E-state index in [-0.39, 0.29) is 6.04 Å². The van der Waals surface area contributed by atoms with E-state index in [1.165, 1.54) is 5.56 Å². The average Bonchev–Trinajstić information content (AvgIpc) is 2.80. The van der Waals surface area contributed by atoms with Crippen LogP contribution in [0.3, 0.4) is 0 Å². The fourth-order valence-electron chi connectivity index (χ4n) is 1.89. The zero-order chi connectivity index (χ0) is 13.8. The average molecular weight is 324 g/mol. The van der Waals surface area contributed by atoms with Crippen LogP contribution in [0.15, 0.2) is 39.4 Å². The fourth-order valence-corrected chi connectivity index (χ4v) is 2.21. The second-order valence-corrected chi connectivity index (χ2v) is 5.22. The molecule has 4 heteroatoms. The van der Waals surface area contributed by atoms with Crippen molar-refractivity contribution in [3.63, 3.8) is 0 Å². The van der Waals surface area contributed by atoms with Gasteiger partial charge in [-0.15, -0.1) is 0 Å². The summed E-state index contributed by atoms with van der Waals surface area (Å²) >= 11 is 3.32. The lowest BCUT2D eigenvalue weighted by Gasteiger charge is -2.17. The number of furan rings is 1. The molecule has 0 aliphatic carbocycles. The smallest absolute Gasteiger partial charge is 0.169 e. The van der Waals surface area contributed by atoms with Gasteiger partial charge in [0.25, 0.3) is 0 Å². The van der Waals surface area contributed by atoms with E-state index in [9.17, 15) is 0 Å². The van der Waals surface area contributed by atoms with Crippen LogP contribution in [0, 0.1) is 6.92 Å². The van der Waals surface area contributed by atoms with Gasteiger partial charge < -0.3 is 14.5 Å². The van der Waals surface area contributed by atoms with Crippen LogP contribution in [0.5, 0.6) is 5.75 Å². The van der Waals surface area contributed by atoms with E-state index in [0.717, 1.165) is 21.9 Å². The van der Waals surface area contributed by atoms with Crippen molar-refractivity contribution in [1.82, 2.24) is 0 Å². The SMILES string of the molecule is CCOc1cc(C)ccc1NC(C)c1ccc(Br)o1. The number of ether oxygens (including phenoxy) is 1. The molecule has 0 bridgehead atoms. The molecule has 2 aromatic rings. The van der Waals surface area contributed by atoms with Crippen LogP contribution in [0.25, 0.3) is 0 Å². The van der Waals surface area contributed by atoms with Gasteiger partial charge in [-0.3, -0.25) is 0 Å². The van der Waals surface area contributed by atoms with Gasteiger partial charge in [0.1, 0.15) is 11.5 Å². The first kappa shape index (κ1) is 14.0. The molecule has 0 saturated carbocycles. The lowest BCUT2D eigenvalue weighted by Crippen LogP contribution is -2.07. The normalized spacial score (nSPS) is 12.2. The van der Waals surface area contributed by atoms with Gasteiger partial charge in [-0.05, 0) is 66.5 Å². The van der Waals surface area contributed by atoms with Crippen molar-refractivity contribution in [2.24, 2.45) is 0 Å². The van der Waals surface area contributed by atoms with Gasteiger partial charge in [-0.2, -0.15) is 0 Å². The topological polar surface area (TPSA) is 34.4 Å². The van der Waals surface area contributed by atoms with Crippen LogP contribution in [0.2, 0.25) is 0 Å². The Bertz CT molecular complexity index is 551. The highest BCUT2D eigenvalue weighted by atomic mass is 79.9. The Morgan fingerprint density at radius 1 is 1.32 bits per heavy atom. The predicted molar refractivity (Wildman–Crippen MR) is 80.8 cm³/mol. The lowest BCUT2D eigenvalue weighted by molar-refractivity contribution is 0.341. The molecule has 19 heavy (non-hydrogen) atoms. The first-order valence-corrected chi connectivity index (χ1v) is 7.14. The Kier molecular flexibility index (Phi) is 4.53. The van der Waals surface area contributed by atoms with Crippen molar-refractivity contribution in [3.05, 3.63) is 46.3 Å². The standard InChI is InChI=1S/C15H18BrNO2/c1-4-18-14-9-10(2)5-6-12(14)17-11(3)13-7-8-15(16)19-13/h5-9,11,17H,4H2,1-3H3. The molecule has 1 atom stereocenters. The third-order valence-electron chi connectivity index (χ3n) is 2.83. The van der Waals surface area contributed by atoms with E-state index in [1.54, 1.807) is 0 Å². The van der Waals surface area contributed by atoms with Gasteiger partial charge in [0.2, 0.25) is 0 Å². The van der Waals surface area contributed by atoms with Crippen LogP contribution in [0.1, 0.15) is 31.2 Å². The number of rotatable bonds is 5. The number of halogens is 1. The zero-order valence-corrected chi connectivity index (χ0v) is 13.0. The van der Waals surface area contributed by atoms with E-state index < -0.39 is 0 Å². The van der Waals surface area contributed by atoms with Crippen molar-refractivity contribution in [2.75, 3.05) is 11.9 Å². The van der Waals surface area contributed by atoms with E-state index >= 15 is 0 Å². The van der Waals surface area contributed by atoms with E-state index in [2.05, 4.69) is 41.2 Å². The molecular formula is C15H18BrNO2. The van der Waals surface area contributed by atoms with Gasteiger partial charge >= 0.3 is 0 Å². The van der Waals surface area contributed by atoms with E-state index in [0.29, 0.717) is 6.61 Å². The maximum Gasteiger partial charge on any atom is 0.169 e. The maximum atomic E-state index is 5.66. The molecule has 0 aliphatic rings. The molecule has 0 amide bonds. The molecule has 1 aromatic heterocycles. The number of benzene rings is 1. The van der Waals surface area contributed by atoms with Crippen LogP contribution in [-0.4, -0.2) is 6.61 Å². The predicted octanol–water partition coefficient (Wildman–Crippen LogP) is 4.92. The summed E-state index contributed by atoms with van der Waals surface area (Å²) in [4.78, 5) is 0. The Morgan fingerprint density at radius 2 is 2.11 bits per heavy atom. The molecule has 0 saturated heterocycles. The first-order valence-electron chi connectivity index (χ1n) is 6.35. The zero-order valence-electron chi connectivity index (χ0n) is 11.4. The monoisotopic (exact) mass is 323 g/mol. The number of hydrogen-bond donors (Lipinski definition) is 1. The molecule has 0 radical (unpaired) electrons. The van der Waals surface area contributed by atoms with Gasteiger partial charge in [0, 0.05) is 0 Å². The molecule has 1 aromatic carbocycles. The van der Waals surface area contributed by atoms with Gasteiger partial charge in [-0.1, -0.05) is 6.07 Å². The summed E-state index contributed by atoms with van der Waals surface area (Å²) in [6, 6.07) is 10.1. The Hall–Kier alpha value is -1.42. The van der Waals surface area contributed by atoms with Crippen molar-refractivity contribution < 1.29 is 9.15 Å². The Morgan fingerprint density at radius 3 is 2.74 bits per heavy atom. The summed E-state index contributed by atoms with van der Waals surface area (Å²) in [6.07, 6.45) is 0. The quantitative estimate of drug-likeness (QED) is 0.847. The molecular weight excluding hydrogens is 306 g/mol. The van der Waals surface area contributed by atoms with Crippen molar-refractivity contribution in [3.8, 4) is 5.75 Å². The van der Waals surface area contributed by atoms with Crippen molar-refractivity contribution in [2.45, 2.75) is 26.8 Å². The molecule has 1 N–H and O–H groups in total. The molecule has 2 rings (SSSR count). The summed E-state index contributed by atoms with van der Waals surface area (Å²) in [5, 5.41) is 3.41. The summed E-state index contributed by atoms with van der Waals surface area (Å²) in [6.45, 7) is 6.75. The molecule has 1 unspecified atom stereocenters. The summed E-state index contributed by atoms with van der Waals surface area (Å²) in [5.41, 5.74) is 2.16. The summed E-state index contributed by atoms with van der Waals surface area (Å²) < 4.78 is 12.0. The minimum Gasteiger partial charge on any atom is -0.492 e. The minimum atomic E-state index is 0.0770. The van der Waals surface area contributed by atoms with Crippen LogP contribution >= 0.6 is 15.9 Å². The Balaban J connectivity index is 2.18. The van der Waals surface area contributed by atoms with Crippen molar-refractivity contribution in [1.29, 1.82) is 0 Å². The largest absolute Gasteiger partial charge is 0.492 e. The second-order valence-electron chi connectivity index (χ2n) is 4.44. The number of aryl methyl sites for hydroxylation is 1. The Labute approximate surface area is 122 Å². The summed E-state index contributed by atoms with van der Waals surface area (Å²) in [5.74, 6) is 1.76. The van der Waals surface area contributed by atoms with Crippen LogP contribution < -0.4 is 10.1 Å². The lowest BCUT2D eigenvalue weighted by atomic mass is 10.2. The van der Waals surface area contributed by atoms with Gasteiger partial charge in [-0.25, -0.2) is 0 Å². The third kappa shape index (κ3) is 3.53. The maximum absolute atomic E-state index is 5.66. The molecule has 0 spiro atoms. The number of anilines is 1. The number of hydrogen-bond acceptors (Lipinski definition) is 3. The van der Waals surface area contributed by atoms with E-state index in [4.69, 9.17) is 9.15 Å². The van der Waals surface area contributed by atoms with Crippen LogP contribution in [0.4, 0.5) is 5.69 Å². The fraction of sp³-hybridized carbons (Fsp3) is 0.333. The molecule has 3 nitrogen and oxygen atoms in total. The first-order chi connectivity index (χ1) is 9.10. The molecule has 1 heterocycles. The molecule has 0 fully saturated rings. The van der Waals surface area contributed by atoms with E-state index in [1.807, 2.05) is 31.2 Å². The van der Waals surface area contributed by atoms with Crippen molar-refractivity contribution >= 4 is 21.6 Å². The molecule has 0 aliphatic heterocycles. The highest BCUT2D eigenvalue weighted by molar-refractivity contribution is 9.10. The highest BCUT2D eigenvalue weighted by Crippen LogP contribution is 2.30. The number of nitrogens with one attached hydrogen (secondary N) is 1. The second kappa shape index (κ2) is 6.15. The summed E-state index contributed by atoms with van der Waals surface area (Å²) in [7, 11) is 0. The molecule has 102 valence electrons.